The molecule has 2 aromatic rings. The van der Waals surface area contributed by atoms with Crippen molar-refractivity contribution in [2.24, 2.45) is 5.84 Å². The van der Waals surface area contributed by atoms with Crippen LogP contribution in [0.4, 0.5) is 11.6 Å². The van der Waals surface area contributed by atoms with Gasteiger partial charge in [0.25, 0.3) is 0 Å². The van der Waals surface area contributed by atoms with Gasteiger partial charge in [0.2, 0.25) is 0 Å². The molecule has 21 heavy (non-hydrogen) atoms. The molecule has 0 fully saturated rings. The van der Waals surface area contributed by atoms with E-state index in [0.29, 0.717) is 30.6 Å². The van der Waals surface area contributed by atoms with Crippen LogP contribution in [0.1, 0.15) is 13.8 Å². The average molecular weight is 287 g/mol. The fourth-order valence-corrected chi connectivity index (χ4v) is 1.92. The molecule has 0 saturated heterocycles. The van der Waals surface area contributed by atoms with Gasteiger partial charge in [-0.2, -0.15) is 0 Å². The Hall–Kier alpha value is -2.18. The summed E-state index contributed by atoms with van der Waals surface area (Å²) in [5, 5.41) is 3.24. The number of hydrogen-bond donors (Lipinski definition) is 3. The van der Waals surface area contributed by atoms with E-state index < -0.39 is 0 Å². The number of nitrogens with one attached hydrogen (secondary N) is 2. The van der Waals surface area contributed by atoms with Crippen LogP contribution in [-0.2, 0) is 4.74 Å². The number of nitrogens with zero attached hydrogens (tertiary/aromatic N) is 2. The van der Waals surface area contributed by atoms with Crippen LogP contribution in [0.15, 0.2) is 36.4 Å². The Balaban J connectivity index is 2.18. The molecule has 0 aliphatic rings. The molecule has 1 unspecified atom stereocenters. The largest absolute Gasteiger partial charge is 0.377 e. The van der Waals surface area contributed by atoms with E-state index in [-0.39, 0.29) is 6.10 Å². The molecule has 6 nitrogen and oxygen atoms in total. The summed E-state index contributed by atoms with van der Waals surface area (Å²) in [6.07, 6.45) is 0.111. The van der Waals surface area contributed by atoms with Gasteiger partial charge in [-0.15, -0.1) is 0 Å². The number of hydrogen-bond acceptors (Lipinski definition) is 6. The SMILES string of the molecule is CCOC(C)CNc1cc(NN)nc(-c2ccccc2)n1. The van der Waals surface area contributed by atoms with Crippen LogP contribution in [0.5, 0.6) is 0 Å². The predicted molar refractivity (Wildman–Crippen MR) is 84.9 cm³/mol. The highest BCUT2D eigenvalue weighted by Crippen LogP contribution is 2.19. The first kappa shape index (κ1) is 15.2. The zero-order valence-electron chi connectivity index (χ0n) is 12.3. The number of benzene rings is 1. The topological polar surface area (TPSA) is 85.1 Å². The highest BCUT2D eigenvalue weighted by atomic mass is 16.5. The Labute approximate surface area is 124 Å². The van der Waals surface area contributed by atoms with Gasteiger partial charge >= 0.3 is 0 Å². The summed E-state index contributed by atoms with van der Waals surface area (Å²) in [4.78, 5) is 8.88. The Kier molecular flexibility index (Phi) is 5.48. The van der Waals surface area contributed by atoms with Crippen LogP contribution in [-0.4, -0.2) is 29.2 Å². The Morgan fingerprint density at radius 2 is 1.90 bits per heavy atom. The van der Waals surface area contributed by atoms with Crippen LogP contribution >= 0.6 is 0 Å². The minimum absolute atomic E-state index is 0.111. The van der Waals surface area contributed by atoms with E-state index in [1.54, 1.807) is 6.07 Å². The number of hydrazine groups is 1. The number of anilines is 2. The van der Waals surface area contributed by atoms with E-state index in [1.165, 1.54) is 0 Å². The summed E-state index contributed by atoms with van der Waals surface area (Å²) < 4.78 is 5.49. The number of aromatic nitrogens is 2. The van der Waals surface area contributed by atoms with E-state index in [9.17, 15) is 0 Å². The van der Waals surface area contributed by atoms with Crippen molar-refractivity contribution in [1.82, 2.24) is 9.97 Å². The van der Waals surface area contributed by atoms with Crippen LogP contribution in [0, 0.1) is 0 Å². The lowest BCUT2D eigenvalue weighted by Gasteiger charge is -2.14. The molecule has 6 heteroatoms. The first-order valence-corrected chi connectivity index (χ1v) is 6.99. The summed E-state index contributed by atoms with van der Waals surface area (Å²) in [5.41, 5.74) is 3.51. The summed E-state index contributed by atoms with van der Waals surface area (Å²) >= 11 is 0. The van der Waals surface area contributed by atoms with Crippen molar-refractivity contribution in [3.63, 3.8) is 0 Å². The molecule has 0 aliphatic carbocycles. The van der Waals surface area contributed by atoms with Crippen molar-refractivity contribution in [3.8, 4) is 11.4 Å². The van der Waals surface area contributed by atoms with Gasteiger partial charge in [-0.1, -0.05) is 30.3 Å². The van der Waals surface area contributed by atoms with Gasteiger partial charge in [0.1, 0.15) is 11.6 Å². The fraction of sp³-hybridized carbons (Fsp3) is 0.333. The highest BCUT2D eigenvalue weighted by molar-refractivity contribution is 5.60. The molecule has 0 aliphatic heterocycles. The van der Waals surface area contributed by atoms with Crippen molar-refractivity contribution < 1.29 is 4.74 Å². The summed E-state index contributed by atoms with van der Waals surface area (Å²) in [5.74, 6) is 7.38. The third kappa shape index (κ3) is 4.40. The van der Waals surface area contributed by atoms with Gasteiger partial charge < -0.3 is 15.5 Å². The maximum Gasteiger partial charge on any atom is 0.163 e. The lowest BCUT2D eigenvalue weighted by atomic mass is 10.2. The minimum Gasteiger partial charge on any atom is -0.377 e. The third-order valence-electron chi connectivity index (χ3n) is 2.93. The fourth-order valence-electron chi connectivity index (χ4n) is 1.92. The first-order valence-electron chi connectivity index (χ1n) is 6.99. The summed E-state index contributed by atoms with van der Waals surface area (Å²) in [6, 6.07) is 11.5. The van der Waals surface area contributed by atoms with Gasteiger partial charge in [-0.05, 0) is 13.8 Å². The second-order valence-electron chi connectivity index (χ2n) is 4.62. The van der Waals surface area contributed by atoms with Crippen molar-refractivity contribution in [2.75, 3.05) is 23.9 Å². The molecule has 4 N–H and O–H groups in total. The Bertz CT molecular complexity index is 561. The van der Waals surface area contributed by atoms with Crippen molar-refractivity contribution in [3.05, 3.63) is 36.4 Å². The second-order valence-corrected chi connectivity index (χ2v) is 4.62. The Morgan fingerprint density at radius 3 is 2.57 bits per heavy atom. The summed E-state index contributed by atoms with van der Waals surface area (Å²) in [7, 11) is 0. The maximum atomic E-state index is 5.49. The van der Waals surface area contributed by atoms with Crippen LogP contribution < -0.4 is 16.6 Å². The van der Waals surface area contributed by atoms with Gasteiger partial charge in [0, 0.05) is 24.8 Å². The normalized spacial score (nSPS) is 12.0. The van der Waals surface area contributed by atoms with Gasteiger partial charge in [0.05, 0.1) is 6.10 Å². The molecule has 1 aromatic heterocycles. The zero-order valence-corrected chi connectivity index (χ0v) is 12.3. The molecule has 1 atom stereocenters. The second kappa shape index (κ2) is 7.56. The van der Waals surface area contributed by atoms with Gasteiger partial charge in [-0.25, -0.2) is 15.8 Å². The first-order chi connectivity index (χ1) is 10.2. The predicted octanol–water partition coefficient (Wildman–Crippen LogP) is 2.27. The van der Waals surface area contributed by atoms with Gasteiger partial charge in [-0.3, -0.25) is 0 Å². The average Bonchev–Trinajstić information content (AvgIpc) is 2.54. The van der Waals surface area contributed by atoms with E-state index >= 15 is 0 Å². The number of nitrogens with two attached hydrogens (primary N) is 1. The monoisotopic (exact) mass is 287 g/mol. The highest BCUT2D eigenvalue weighted by Gasteiger charge is 2.07. The standard InChI is InChI=1S/C15H21N5O/c1-3-21-11(2)10-17-13-9-14(20-16)19-15(18-13)12-7-5-4-6-8-12/h4-9,11H,3,10,16H2,1-2H3,(H2,17,18,19,20). The number of rotatable bonds is 7. The molecule has 0 bridgehead atoms. The minimum atomic E-state index is 0.111. The quantitative estimate of drug-likeness (QED) is 0.535. The van der Waals surface area contributed by atoms with Crippen LogP contribution in [0.2, 0.25) is 0 Å². The molecule has 1 aromatic carbocycles. The Morgan fingerprint density at radius 1 is 1.19 bits per heavy atom. The molecular formula is C15H21N5O. The molecule has 0 saturated carbocycles. The van der Waals surface area contributed by atoms with Crippen LogP contribution in [0.25, 0.3) is 11.4 Å². The molecule has 0 radical (unpaired) electrons. The molecule has 1 heterocycles. The van der Waals surface area contributed by atoms with Crippen LogP contribution in [0.3, 0.4) is 0 Å². The zero-order chi connectivity index (χ0) is 15.1. The lowest BCUT2D eigenvalue weighted by molar-refractivity contribution is 0.0855. The molecule has 0 spiro atoms. The van der Waals surface area contributed by atoms with Gasteiger partial charge in [0.15, 0.2) is 5.82 Å². The number of ether oxygens (including phenoxy) is 1. The van der Waals surface area contributed by atoms with Crippen molar-refractivity contribution in [1.29, 1.82) is 0 Å². The van der Waals surface area contributed by atoms with Crippen molar-refractivity contribution >= 4 is 11.6 Å². The van der Waals surface area contributed by atoms with E-state index in [1.807, 2.05) is 44.2 Å². The molecule has 112 valence electrons. The maximum absolute atomic E-state index is 5.49. The lowest BCUT2D eigenvalue weighted by Crippen LogP contribution is -2.20. The molecule has 0 amide bonds. The van der Waals surface area contributed by atoms with E-state index in [4.69, 9.17) is 10.6 Å². The summed E-state index contributed by atoms with van der Waals surface area (Å²) in [6.45, 7) is 5.35. The number of nitrogen functional groups attached to an aromatic ring is 1. The van der Waals surface area contributed by atoms with E-state index in [0.717, 1.165) is 5.56 Å². The molecular weight excluding hydrogens is 266 g/mol. The smallest absolute Gasteiger partial charge is 0.163 e. The van der Waals surface area contributed by atoms with E-state index in [2.05, 4.69) is 20.7 Å². The third-order valence-corrected chi connectivity index (χ3v) is 2.93. The molecule has 2 rings (SSSR count). The van der Waals surface area contributed by atoms with Crippen molar-refractivity contribution in [2.45, 2.75) is 20.0 Å².